The lowest BCUT2D eigenvalue weighted by atomic mass is 10.1. The van der Waals surface area contributed by atoms with Crippen molar-refractivity contribution in [3.8, 4) is 22.8 Å². The van der Waals surface area contributed by atoms with Gasteiger partial charge in [-0.3, -0.25) is 4.98 Å². The van der Waals surface area contributed by atoms with Crippen LogP contribution in [0.1, 0.15) is 11.4 Å². The van der Waals surface area contributed by atoms with Crippen LogP contribution in [-0.2, 0) is 12.8 Å². The highest BCUT2D eigenvalue weighted by Gasteiger charge is 2.11. The van der Waals surface area contributed by atoms with E-state index in [9.17, 15) is 0 Å². The van der Waals surface area contributed by atoms with E-state index >= 15 is 0 Å². The predicted octanol–water partition coefficient (Wildman–Crippen LogP) is 2.99. The van der Waals surface area contributed by atoms with Crippen molar-refractivity contribution in [3.05, 3.63) is 66.4 Å². The number of nitrogens with zero attached hydrogens (tertiary/aromatic N) is 5. The molecule has 0 saturated heterocycles. The summed E-state index contributed by atoms with van der Waals surface area (Å²) in [5.74, 6) is 2.78. The Hall–Kier alpha value is -3.48. The van der Waals surface area contributed by atoms with Crippen molar-refractivity contribution < 1.29 is 9.47 Å². The smallest absolute Gasteiger partial charge is 0.252 e. The first-order chi connectivity index (χ1) is 13.3. The summed E-state index contributed by atoms with van der Waals surface area (Å²) in [7, 11) is 3.27. The van der Waals surface area contributed by atoms with Crippen LogP contribution in [0.2, 0.25) is 0 Å². The lowest BCUT2D eigenvalue weighted by molar-refractivity contribution is 0.354. The van der Waals surface area contributed by atoms with Crippen LogP contribution in [0.25, 0.3) is 17.0 Å². The lowest BCUT2D eigenvalue weighted by Gasteiger charge is -2.08. The topological polar surface area (TPSA) is 74.4 Å². The van der Waals surface area contributed by atoms with E-state index < -0.39 is 0 Å². The third-order valence-corrected chi connectivity index (χ3v) is 4.35. The average molecular weight is 361 g/mol. The van der Waals surface area contributed by atoms with Crippen LogP contribution in [0.4, 0.5) is 0 Å². The monoisotopic (exact) mass is 361 g/mol. The summed E-state index contributed by atoms with van der Waals surface area (Å²) >= 11 is 0. The van der Waals surface area contributed by atoms with Crippen molar-refractivity contribution in [1.29, 1.82) is 0 Å². The zero-order valence-corrected chi connectivity index (χ0v) is 15.2. The third-order valence-electron chi connectivity index (χ3n) is 4.35. The van der Waals surface area contributed by atoms with Gasteiger partial charge in [-0.25, -0.2) is 4.98 Å². The van der Waals surface area contributed by atoms with E-state index in [-0.39, 0.29) is 0 Å². The second kappa shape index (κ2) is 7.41. The van der Waals surface area contributed by atoms with Gasteiger partial charge in [-0.15, -0.1) is 5.10 Å². The number of pyridine rings is 1. The second-order valence-electron chi connectivity index (χ2n) is 6.00. The number of aromatic nitrogens is 5. The molecule has 0 radical (unpaired) electrons. The van der Waals surface area contributed by atoms with Gasteiger partial charge in [0.1, 0.15) is 0 Å². The minimum absolute atomic E-state index is 0.589. The van der Waals surface area contributed by atoms with Crippen molar-refractivity contribution in [2.24, 2.45) is 0 Å². The van der Waals surface area contributed by atoms with E-state index in [1.165, 1.54) is 0 Å². The van der Waals surface area contributed by atoms with Gasteiger partial charge in [0.15, 0.2) is 17.3 Å². The van der Waals surface area contributed by atoms with Crippen molar-refractivity contribution in [1.82, 2.24) is 24.6 Å². The summed E-state index contributed by atoms with van der Waals surface area (Å²) in [6, 6.07) is 11.7. The Labute approximate surface area is 156 Å². The van der Waals surface area contributed by atoms with Crippen LogP contribution in [0.15, 0.2) is 55.0 Å². The molecule has 0 saturated carbocycles. The number of fused-ring (bicyclic) bond motifs is 1. The maximum atomic E-state index is 5.37. The normalized spacial score (nSPS) is 10.9. The molecule has 4 aromatic rings. The van der Waals surface area contributed by atoms with Crippen LogP contribution in [0.5, 0.6) is 11.5 Å². The Morgan fingerprint density at radius 1 is 0.889 bits per heavy atom. The highest BCUT2D eigenvalue weighted by molar-refractivity contribution is 5.60. The maximum Gasteiger partial charge on any atom is 0.252 e. The number of ether oxygens (including phenoxy) is 2. The van der Waals surface area contributed by atoms with E-state index in [0.29, 0.717) is 12.2 Å². The molecule has 0 aliphatic carbocycles. The van der Waals surface area contributed by atoms with Gasteiger partial charge >= 0.3 is 0 Å². The maximum absolute atomic E-state index is 5.37. The van der Waals surface area contributed by atoms with E-state index in [1.807, 2.05) is 36.4 Å². The highest BCUT2D eigenvalue weighted by Crippen LogP contribution is 2.28. The highest BCUT2D eigenvalue weighted by atomic mass is 16.5. The number of aryl methyl sites for hydroxylation is 2. The number of hydrogen-bond donors (Lipinski definition) is 0. The van der Waals surface area contributed by atoms with E-state index in [4.69, 9.17) is 9.47 Å². The van der Waals surface area contributed by atoms with Crippen LogP contribution in [0, 0.1) is 0 Å². The molecule has 0 fully saturated rings. The fourth-order valence-corrected chi connectivity index (χ4v) is 2.97. The zero-order valence-electron chi connectivity index (χ0n) is 15.2. The number of rotatable bonds is 6. The molecule has 27 heavy (non-hydrogen) atoms. The minimum atomic E-state index is 0.589. The zero-order chi connectivity index (χ0) is 18.6. The van der Waals surface area contributed by atoms with Gasteiger partial charge in [-0.1, -0.05) is 6.07 Å². The first-order valence-corrected chi connectivity index (χ1v) is 8.60. The molecule has 7 nitrogen and oxygen atoms in total. The summed E-state index contributed by atoms with van der Waals surface area (Å²) in [5.41, 5.74) is 3.09. The molecule has 0 unspecified atom stereocenters. The number of hydrogen-bond acceptors (Lipinski definition) is 6. The van der Waals surface area contributed by atoms with Crippen LogP contribution in [-0.4, -0.2) is 38.8 Å². The number of benzene rings is 1. The van der Waals surface area contributed by atoms with Gasteiger partial charge in [0.25, 0.3) is 5.78 Å². The van der Waals surface area contributed by atoms with Gasteiger partial charge < -0.3 is 9.47 Å². The van der Waals surface area contributed by atoms with Gasteiger partial charge in [-0.05, 0) is 42.3 Å². The molecule has 0 atom stereocenters. The van der Waals surface area contributed by atoms with Gasteiger partial charge in [0.2, 0.25) is 0 Å². The molecule has 3 aromatic heterocycles. The summed E-state index contributed by atoms with van der Waals surface area (Å²) in [4.78, 5) is 13.0. The third kappa shape index (κ3) is 3.44. The Morgan fingerprint density at radius 2 is 1.70 bits per heavy atom. The molecule has 3 heterocycles. The van der Waals surface area contributed by atoms with Crippen LogP contribution in [0.3, 0.4) is 0 Å². The lowest BCUT2D eigenvalue weighted by Crippen LogP contribution is -1.98. The Morgan fingerprint density at radius 3 is 2.48 bits per heavy atom. The summed E-state index contributed by atoms with van der Waals surface area (Å²) in [5, 5.41) is 4.65. The van der Waals surface area contributed by atoms with Gasteiger partial charge in [0.05, 0.1) is 19.9 Å². The molecule has 136 valence electrons. The summed E-state index contributed by atoms with van der Waals surface area (Å²) in [6.45, 7) is 0. The molecule has 0 spiro atoms. The van der Waals surface area contributed by atoms with Gasteiger partial charge in [0, 0.05) is 30.6 Å². The molecule has 7 heteroatoms. The molecule has 0 amide bonds. The molecule has 0 aliphatic rings. The quantitative estimate of drug-likeness (QED) is 0.526. The Kier molecular flexibility index (Phi) is 4.65. The van der Waals surface area contributed by atoms with Crippen LogP contribution >= 0.6 is 0 Å². The predicted molar refractivity (Wildman–Crippen MR) is 101 cm³/mol. The van der Waals surface area contributed by atoms with Crippen molar-refractivity contribution >= 4 is 5.78 Å². The van der Waals surface area contributed by atoms with Crippen LogP contribution < -0.4 is 9.47 Å². The SMILES string of the molecule is COc1ccc(CCc2nc3nccc(-c4ccncc4)n3n2)cc1OC. The molecule has 0 bridgehead atoms. The molecule has 1 aromatic carbocycles. The number of methoxy groups -OCH3 is 2. The van der Waals surface area contributed by atoms with E-state index in [2.05, 4.69) is 20.1 Å². The van der Waals surface area contributed by atoms with E-state index in [0.717, 1.165) is 40.6 Å². The van der Waals surface area contributed by atoms with Crippen molar-refractivity contribution in [3.63, 3.8) is 0 Å². The molecule has 0 aliphatic heterocycles. The standard InChI is InChI=1S/C20H19N5O2/c1-26-17-5-3-14(13-18(17)27-2)4-6-19-23-20-22-12-9-16(25(20)24-19)15-7-10-21-11-8-15/h3,5,7-13H,4,6H2,1-2H3. The average Bonchev–Trinajstić information content (AvgIpc) is 3.15. The first kappa shape index (κ1) is 17.0. The van der Waals surface area contributed by atoms with Crippen molar-refractivity contribution in [2.75, 3.05) is 14.2 Å². The molecular formula is C20H19N5O2. The summed E-state index contributed by atoms with van der Waals surface area (Å²) < 4.78 is 12.4. The van der Waals surface area contributed by atoms with Crippen molar-refractivity contribution in [2.45, 2.75) is 12.8 Å². The van der Waals surface area contributed by atoms with Gasteiger partial charge in [-0.2, -0.15) is 9.50 Å². The molecular weight excluding hydrogens is 342 g/mol. The molecule has 4 rings (SSSR count). The Bertz CT molecular complexity index is 1060. The van der Waals surface area contributed by atoms with E-state index in [1.54, 1.807) is 37.3 Å². The Balaban J connectivity index is 1.59. The minimum Gasteiger partial charge on any atom is -0.493 e. The molecule has 0 N–H and O–H groups in total. The fourth-order valence-electron chi connectivity index (χ4n) is 2.97. The summed E-state index contributed by atoms with van der Waals surface area (Å²) in [6.07, 6.45) is 6.77. The fraction of sp³-hybridized carbons (Fsp3) is 0.200. The second-order valence-corrected chi connectivity index (χ2v) is 6.00. The first-order valence-electron chi connectivity index (χ1n) is 8.60. The largest absolute Gasteiger partial charge is 0.493 e.